The molecule has 2 N–H and O–H groups in total. The molecule has 2 heterocycles. The minimum absolute atomic E-state index is 0.000727. The van der Waals surface area contributed by atoms with E-state index in [1.54, 1.807) is 7.05 Å². The van der Waals surface area contributed by atoms with Gasteiger partial charge in [-0.3, -0.25) is 10.8 Å². The minimum atomic E-state index is -0.643. The summed E-state index contributed by atoms with van der Waals surface area (Å²) >= 11 is 0. The monoisotopic (exact) mass is 422 g/mol. The lowest BCUT2D eigenvalue weighted by atomic mass is 9.90. The van der Waals surface area contributed by atoms with Crippen LogP contribution in [0.3, 0.4) is 0 Å². The van der Waals surface area contributed by atoms with Crippen LogP contribution in [0.4, 0.5) is 14.5 Å². The van der Waals surface area contributed by atoms with E-state index >= 15 is 4.39 Å². The van der Waals surface area contributed by atoms with Crippen LogP contribution < -0.4 is 4.90 Å². The fourth-order valence-corrected chi connectivity index (χ4v) is 4.34. The topological polar surface area (TPSA) is 90.9 Å². The number of pyridine rings is 1. The summed E-state index contributed by atoms with van der Waals surface area (Å²) in [5.74, 6) is -0.481. The molecule has 0 bridgehead atoms. The highest BCUT2D eigenvalue weighted by molar-refractivity contribution is 5.91. The second kappa shape index (κ2) is 8.42. The van der Waals surface area contributed by atoms with Crippen LogP contribution in [0, 0.1) is 39.8 Å². The number of piperidine rings is 1. The lowest BCUT2D eigenvalue weighted by Gasteiger charge is -2.37. The van der Waals surface area contributed by atoms with Gasteiger partial charge >= 0.3 is 0 Å². The van der Waals surface area contributed by atoms with Crippen molar-refractivity contribution in [1.29, 1.82) is 16.1 Å². The second-order valence-electron chi connectivity index (χ2n) is 8.19. The first kappa shape index (κ1) is 20.9. The Labute approximate surface area is 180 Å². The van der Waals surface area contributed by atoms with Gasteiger partial charge in [0.1, 0.15) is 17.7 Å². The number of nitriles is 1. The molecule has 2 fully saturated rings. The maximum absolute atomic E-state index is 15.4. The van der Waals surface area contributed by atoms with Crippen molar-refractivity contribution in [2.75, 3.05) is 25.0 Å². The van der Waals surface area contributed by atoms with Crippen molar-refractivity contribution in [3.05, 3.63) is 47.3 Å². The fourth-order valence-electron chi connectivity index (χ4n) is 4.34. The van der Waals surface area contributed by atoms with Gasteiger partial charge in [-0.15, -0.1) is 0 Å². The van der Waals surface area contributed by atoms with Gasteiger partial charge in [0.25, 0.3) is 0 Å². The minimum Gasteiger partial charge on any atom is -0.370 e. The smallest absolute Gasteiger partial charge is 0.212 e. The van der Waals surface area contributed by atoms with Gasteiger partial charge in [-0.25, -0.2) is 9.37 Å². The van der Waals surface area contributed by atoms with Crippen LogP contribution in [-0.4, -0.2) is 42.2 Å². The van der Waals surface area contributed by atoms with Crippen LogP contribution in [0.15, 0.2) is 24.4 Å². The molecule has 1 saturated carbocycles. The van der Waals surface area contributed by atoms with Crippen molar-refractivity contribution in [3.63, 3.8) is 0 Å². The van der Waals surface area contributed by atoms with Gasteiger partial charge in [-0.05, 0) is 55.4 Å². The normalized spacial score (nSPS) is 16.6. The zero-order valence-electron chi connectivity index (χ0n) is 17.3. The second-order valence-corrected chi connectivity index (χ2v) is 8.19. The first-order chi connectivity index (χ1) is 14.9. The maximum Gasteiger partial charge on any atom is 0.212 e. The molecule has 160 valence electrons. The number of nitrogens with one attached hydrogen (secondary N) is 2. The van der Waals surface area contributed by atoms with Crippen LogP contribution in [0.25, 0.3) is 11.1 Å². The molecule has 0 spiro atoms. The van der Waals surface area contributed by atoms with E-state index in [2.05, 4.69) is 11.1 Å². The van der Waals surface area contributed by atoms with Crippen molar-refractivity contribution < 1.29 is 8.78 Å². The molecule has 0 atom stereocenters. The van der Waals surface area contributed by atoms with Gasteiger partial charge < -0.3 is 9.80 Å². The number of hydrogen-bond acceptors (Lipinski definition) is 5. The number of benzene rings is 1. The van der Waals surface area contributed by atoms with Crippen molar-refractivity contribution in [2.24, 2.45) is 5.92 Å². The molecule has 0 amide bonds. The fraction of sp³-hybridized carbons (Fsp3) is 0.391. The Morgan fingerprint density at radius 1 is 1.26 bits per heavy atom. The van der Waals surface area contributed by atoms with E-state index in [-0.39, 0.29) is 17.4 Å². The lowest BCUT2D eigenvalue weighted by molar-refractivity contribution is 0.472. The number of anilines is 1. The summed E-state index contributed by atoms with van der Waals surface area (Å²) in [6, 6.07) is 6.45. The van der Waals surface area contributed by atoms with Crippen molar-refractivity contribution in [3.8, 4) is 17.2 Å². The highest BCUT2D eigenvalue weighted by atomic mass is 19.1. The highest BCUT2D eigenvalue weighted by Gasteiger charge is 2.34. The van der Waals surface area contributed by atoms with E-state index in [9.17, 15) is 9.65 Å². The van der Waals surface area contributed by atoms with Gasteiger partial charge in [0.2, 0.25) is 5.95 Å². The third kappa shape index (κ3) is 4.00. The third-order valence-corrected chi connectivity index (χ3v) is 6.20. The quantitative estimate of drug-likeness (QED) is 0.421. The average molecular weight is 422 g/mol. The maximum atomic E-state index is 15.4. The van der Waals surface area contributed by atoms with Gasteiger partial charge in [0.15, 0.2) is 0 Å². The molecule has 1 aliphatic heterocycles. The molecule has 8 heteroatoms. The van der Waals surface area contributed by atoms with E-state index in [0.717, 1.165) is 24.7 Å². The number of aromatic nitrogens is 1. The summed E-state index contributed by atoms with van der Waals surface area (Å²) in [6.45, 7) is 1.12. The first-order valence-electron chi connectivity index (χ1n) is 10.4. The van der Waals surface area contributed by atoms with E-state index in [0.29, 0.717) is 48.6 Å². The molecule has 0 radical (unpaired) electrons. The van der Waals surface area contributed by atoms with Crippen molar-refractivity contribution in [1.82, 2.24) is 9.88 Å². The largest absolute Gasteiger partial charge is 0.370 e. The predicted molar refractivity (Wildman–Crippen MR) is 115 cm³/mol. The predicted octanol–water partition coefficient (Wildman–Crippen LogP) is 4.51. The molecule has 1 aliphatic carbocycles. The van der Waals surface area contributed by atoms with Gasteiger partial charge in [-0.2, -0.15) is 9.65 Å². The number of halogens is 2. The average Bonchev–Trinajstić information content (AvgIpc) is 3.63. The summed E-state index contributed by atoms with van der Waals surface area (Å²) in [5, 5.41) is 25.6. The highest BCUT2D eigenvalue weighted by Crippen LogP contribution is 2.47. The first-order valence-corrected chi connectivity index (χ1v) is 10.4. The number of hydrogen-bond donors (Lipinski definition) is 2. The third-order valence-electron chi connectivity index (χ3n) is 6.20. The zero-order chi connectivity index (χ0) is 22.1. The van der Waals surface area contributed by atoms with Crippen LogP contribution >= 0.6 is 0 Å². The van der Waals surface area contributed by atoms with Crippen molar-refractivity contribution in [2.45, 2.75) is 31.6 Å². The van der Waals surface area contributed by atoms with Gasteiger partial charge in [-0.1, -0.05) is 0 Å². The Morgan fingerprint density at radius 2 is 1.97 bits per heavy atom. The van der Waals surface area contributed by atoms with E-state index < -0.39 is 11.8 Å². The SMILES string of the molecule is CN(C=N)C(=N)C1CCN(c2c(C#N)c(C3CC3)cc(F)c2-c2ccc(F)nc2)CC1. The molecule has 31 heavy (non-hydrogen) atoms. The molecular formula is C23H24F2N6. The van der Waals surface area contributed by atoms with Crippen LogP contribution in [0.1, 0.15) is 42.7 Å². The molecule has 0 unspecified atom stereocenters. The molecular weight excluding hydrogens is 398 g/mol. The molecule has 1 aromatic carbocycles. The van der Waals surface area contributed by atoms with E-state index in [1.165, 1.54) is 29.3 Å². The molecule has 2 aliphatic rings. The molecule has 4 rings (SSSR count). The molecule has 6 nitrogen and oxygen atoms in total. The standard InChI is InChI=1S/C23H24F2N6/c1-30(13-27)23(28)15-6-8-31(9-7-15)22-18(11-26)17(14-2-3-14)10-19(24)21(22)16-4-5-20(25)29-12-16/h4-5,10,12-15,27-28H,2-3,6-9H2,1H3. The lowest BCUT2D eigenvalue weighted by Crippen LogP contribution is -2.41. The zero-order valence-corrected chi connectivity index (χ0v) is 17.3. The number of rotatable bonds is 5. The van der Waals surface area contributed by atoms with E-state index in [1.807, 2.05) is 4.90 Å². The number of nitrogens with zero attached hydrogens (tertiary/aromatic N) is 4. The summed E-state index contributed by atoms with van der Waals surface area (Å²) in [6.07, 6.45) is 5.64. The molecule has 2 aromatic rings. The Bertz CT molecular complexity index is 1050. The Balaban J connectivity index is 1.75. The van der Waals surface area contributed by atoms with Gasteiger partial charge in [0, 0.05) is 43.4 Å². The van der Waals surface area contributed by atoms with Gasteiger partial charge in [0.05, 0.1) is 17.6 Å². The molecule has 1 saturated heterocycles. The Kier molecular flexibility index (Phi) is 5.68. The van der Waals surface area contributed by atoms with Crippen LogP contribution in [-0.2, 0) is 0 Å². The van der Waals surface area contributed by atoms with Crippen molar-refractivity contribution >= 4 is 17.9 Å². The Hall–Kier alpha value is -3.34. The summed E-state index contributed by atoms with van der Waals surface area (Å²) < 4.78 is 28.8. The van der Waals surface area contributed by atoms with Crippen LogP contribution in [0.5, 0.6) is 0 Å². The van der Waals surface area contributed by atoms with Crippen LogP contribution in [0.2, 0.25) is 0 Å². The van der Waals surface area contributed by atoms with E-state index in [4.69, 9.17) is 10.8 Å². The summed E-state index contributed by atoms with van der Waals surface area (Å²) in [4.78, 5) is 7.19. The number of amidine groups is 1. The molecule has 1 aromatic heterocycles. The summed E-state index contributed by atoms with van der Waals surface area (Å²) in [7, 11) is 1.68. The Morgan fingerprint density at radius 3 is 2.52 bits per heavy atom. The summed E-state index contributed by atoms with van der Waals surface area (Å²) in [5.41, 5.74) is 2.48.